The minimum atomic E-state index is -3.45. The first-order valence-electron chi connectivity index (χ1n) is 10.9. The van der Waals surface area contributed by atoms with Gasteiger partial charge in [-0.25, -0.2) is 8.42 Å². The normalized spacial score (nSPS) is 16.1. The molecule has 178 valence electrons. The first-order chi connectivity index (χ1) is 15.8. The van der Waals surface area contributed by atoms with E-state index in [2.05, 4.69) is 4.90 Å². The fourth-order valence-electron chi connectivity index (χ4n) is 4.08. The number of nitrogens with zero attached hydrogens (tertiary/aromatic N) is 3. The van der Waals surface area contributed by atoms with Crippen molar-refractivity contribution in [3.63, 3.8) is 0 Å². The van der Waals surface area contributed by atoms with E-state index in [0.717, 1.165) is 36.7 Å². The molecule has 1 saturated heterocycles. The second-order valence-corrected chi connectivity index (χ2v) is 10.6. The second kappa shape index (κ2) is 10.2. The molecule has 4 rings (SSSR count). The number of carbonyl (C=O) groups is 1. The van der Waals surface area contributed by atoms with Crippen LogP contribution in [0.4, 0.5) is 5.69 Å². The van der Waals surface area contributed by atoms with Crippen molar-refractivity contribution in [2.45, 2.75) is 19.4 Å². The van der Waals surface area contributed by atoms with Crippen LogP contribution in [0.1, 0.15) is 18.4 Å². The van der Waals surface area contributed by atoms with Gasteiger partial charge < -0.3 is 14.4 Å². The van der Waals surface area contributed by atoms with Gasteiger partial charge in [-0.05, 0) is 48.4 Å². The summed E-state index contributed by atoms with van der Waals surface area (Å²) < 4.78 is 36.6. The number of benzene rings is 2. The number of halogens is 1. The van der Waals surface area contributed by atoms with Crippen molar-refractivity contribution in [2.24, 2.45) is 0 Å². The Hall–Kier alpha value is -2.49. The van der Waals surface area contributed by atoms with E-state index in [9.17, 15) is 13.2 Å². The van der Waals surface area contributed by atoms with E-state index in [0.29, 0.717) is 36.6 Å². The van der Waals surface area contributed by atoms with Crippen molar-refractivity contribution < 1.29 is 22.7 Å². The van der Waals surface area contributed by atoms with Crippen LogP contribution in [0.25, 0.3) is 0 Å². The van der Waals surface area contributed by atoms with Gasteiger partial charge in [-0.3, -0.25) is 14.0 Å². The van der Waals surface area contributed by atoms with E-state index in [-0.39, 0.29) is 19.2 Å². The Balaban J connectivity index is 1.23. The Labute approximate surface area is 199 Å². The van der Waals surface area contributed by atoms with Crippen molar-refractivity contribution in [3.8, 4) is 11.5 Å². The van der Waals surface area contributed by atoms with Crippen molar-refractivity contribution in [1.82, 2.24) is 9.80 Å². The number of sulfonamides is 1. The second-order valence-electron chi connectivity index (χ2n) is 8.26. The molecule has 0 radical (unpaired) electrons. The Kier molecular flexibility index (Phi) is 7.31. The Morgan fingerprint density at radius 3 is 2.42 bits per heavy atom. The van der Waals surface area contributed by atoms with Crippen LogP contribution in [0.2, 0.25) is 5.02 Å². The van der Waals surface area contributed by atoms with Crippen molar-refractivity contribution >= 4 is 33.2 Å². The summed E-state index contributed by atoms with van der Waals surface area (Å²) in [6.45, 7) is 4.22. The summed E-state index contributed by atoms with van der Waals surface area (Å²) in [6, 6.07) is 12.6. The average Bonchev–Trinajstić information content (AvgIpc) is 3.25. The van der Waals surface area contributed by atoms with Crippen molar-refractivity contribution in [1.29, 1.82) is 0 Å². The standard InChI is InChI=1S/C23H28ClN3O5S/c1-33(29,30)27(20-7-5-19(24)6-8-20)10-2-3-23(28)26-13-11-25(12-14-26)16-18-4-9-21-22(15-18)32-17-31-21/h4-9,15H,2-3,10-14,16-17H2,1H3. The van der Waals surface area contributed by atoms with Gasteiger partial charge in [-0.1, -0.05) is 17.7 Å². The molecule has 0 spiro atoms. The van der Waals surface area contributed by atoms with E-state index in [1.807, 2.05) is 23.1 Å². The lowest BCUT2D eigenvalue weighted by molar-refractivity contribution is -0.133. The molecule has 2 aliphatic heterocycles. The van der Waals surface area contributed by atoms with Crippen LogP contribution >= 0.6 is 11.6 Å². The summed E-state index contributed by atoms with van der Waals surface area (Å²) in [5.74, 6) is 1.62. The van der Waals surface area contributed by atoms with Gasteiger partial charge in [0.05, 0.1) is 11.9 Å². The SMILES string of the molecule is CS(=O)(=O)N(CCCC(=O)N1CCN(Cc2ccc3c(c2)OCO3)CC1)c1ccc(Cl)cc1. The summed E-state index contributed by atoms with van der Waals surface area (Å²) in [5.41, 5.74) is 1.70. The van der Waals surface area contributed by atoms with Crippen LogP contribution in [0.15, 0.2) is 42.5 Å². The predicted octanol–water partition coefficient (Wildman–Crippen LogP) is 2.96. The zero-order valence-corrected chi connectivity index (χ0v) is 20.1. The molecule has 2 aromatic carbocycles. The van der Waals surface area contributed by atoms with Gasteiger partial charge in [0, 0.05) is 50.7 Å². The number of carbonyl (C=O) groups excluding carboxylic acids is 1. The number of piperazine rings is 1. The predicted molar refractivity (Wildman–Crippen MR) is 127 cm³/mol. The highest BCUT2D eigenvalue weighted by atomic mass is 35.5. The van der Waals surface area contributed by atoms with Crippen LogP contribution in [0.3, 0.4) is 0 Å². The quantitative estimate of drug-likeness (QED) is 0.562. The number of hydrogen-bond acceptors (Lipinski definition) is 6. The van der Waals surface area contributed by atoms with Crippen LogP contribution in [-0.4, -0.2) is 69.9 Å². The van der Waals surface area contributed by atoms with E-state index >= 15 is 0 Å². The number of amides is 1. The number of anilines is 1. The summed E-state index contributed by atoms with van der Waals surface area (Å²) >= 11 is 5.91. The van der Waals surface area contributed by atoms with E-state index in [1.165, 1.54) is 10.6 Å². The molecule has 0 atom stereocenters. The molecule has 10 heteroatoms. The van der Waals surface area contributed by atoms with Gasteiger partial charge in [0.25, 0.3) is 0 Å². The molecule has 8 nitrogen and oxygen atoms in total. The van der Waals surface area contributed by atoms with Crippen LogP contribution in [-0.2, 0) is 21.4 Å². The van der Waals surface area contributed by atoms with Gasteiger partial charge in [0.15, 0.2) is 11.5 Å². The lowest BCUT2D eigenvalue weighted by atomic mass is 10.1. The highest BCUT2D eigenvalue weighted by molar-refractivity contribution is 7.92. The molecular weight excluding hydrogens is 466 g/mol. The molecule has 0 aliphatic carbocycles. The van der Waals surface area contributed by atoms with Gasteiger partial charge in [-0.15, -0.1) is 0 Å². The fourth-order valence-corrected chi connectivity index (χ4v) is 5.17. The number of ether oxygens (including phenoxy) is 2. The summed E-state index contributed by atoms with van der Waals surface area (Å²) in [6.07, 6.45) is 1.93. The van der Waals surface area contributed by atoms with Crippen LogP contribution in [0.5, 0.6) is 11.5 Å². The third-order valence-electron chi connectivity index (χ3n) is 5.83. The largest absolute Gasteiger partial charge is 0.454 e. The van der Waals surface area contributed by atoms with Gasteiger partial charge >= 0.3 is 0 Å². The molecule has 0 N–H and O–H groups in total. The summed E-state index contributed by atoms with van der Waals surface area (Å²) in [5, 5.41) is 0.542. The van der Waals surface area contributed by atoms with Crippen LogP contribution in [0, 0.1) is 0 Å². The van der Waals surface area contributed by atoms with Crippen LogP contribution < -0.4 is 13.8 Å². The molecule has 33 heavy (non-hydrogen) atoms. The Bertz CT molecular complexity index is 1090. The molecule has 2 aliphatic rings. The molecule has 2 heterocycles. The van der Waals surface area contributed by atoms with Gasteiger partial charge in [0.1, 0.15) is 0 Å². The lowest BCUT2D eigenvalue weighted by Crippen LogP contribution is -2.48. The lowest BCUT2D eigenvalue weighted by Gasteiger charge is -2.35. The van der Waals surface area contributed by atoms with Crippen molar-refractivity contribution in [3.05, 3.63) is 53.1 Å². The smallest absolute Gasteiger partial charge is 0.232 e. The maximum atomic E-state index is 12.7. The molecule has 0 saturated carbocycles. The summed E-state index contributed by atoms with van der Waals surface area (Å²) in [4.78, 5) is 16.9. The molecule has 1 amide bonds. The van der Waals surface area contributed by atoms with Crippen molar-refractivity contribution in [2.75, 3.05) is 50.1 Å². The Morgan fingerprint density at radius 1 is 1.03 bits per heavy atom. The molecule has 1 fully saturated rings. The van der Waals surface area contributed by atoms with E-state index < -0.39 is 10.0 Å². The third-order valence-corrected chi connectivity index (χ3v) is 7.28. The molecule has 0 bridgehead atoms. The molecule has 2 aromatic rings. The highest BCUT2D eigenvalue weighted by Gasteiger charge is 2.23. The first-order valence-corrected chi connectivity index (χ1v) is 13.1. The molecule has 0 aromatic heterocycles. The van der Waals surface area contributed by atoms with E-state index in [4.69, 9.17) is 21.1 Å². The Morgan fingerprint density at radius 2 is 1.73 bits per heavy atom. The maximum absolute atomic E-state index is 12.7. The zero-order chi connectivity index (χ0) is 23.4. The minimum Gasteiger partial charge on any atom is -0.454 e. The molecular formula is C23H28ClN3O5S. The average molecular weight is 494 g/mol. The number of fused-ring (bicyclic) bond motifs is 1. The molecule has 0 unspecified atom stereocenters. The third kappa shape index (κ3) is 6.10. The number of rotatable bonds is 8. The topological polar surface area (TPSA) is 79.4 Å². The van der Waals surface area contributed by atoms with Gasteiger partial charge in [0.2, 0.25) is 22.7 Å². The number of hydrogen-bond donors (Lipinski definition) is 0. The summed E-state index contributed by atoms with van der Waals surface area (Å²) in [7, 11) is -3.45. The fraction of sp³-hybridized carbons (Fsp3) is 0.435. The highest BCUT2D eigenvalue weighted by Crippen LogP contribution is 2.32. The van der Waals surface area contributed by atoms with E-state index in [1.54, 1.807) is 24.3 Å². The van der Waals surface area contributed by atoms with Gasteiger partial charge in [-0.2, -0.15) is 0 Å². The maximum Gasteiger partial charge on any atom is 0.232 e. The zero-order valence-electron chi connectivity index (χ0n) is 18.6. The monoisotopic (exact) mass is 493 g/mol. The first kappa shape index (κ1) is 23.7. The minimum absolute atomic E-state index is 0.0577.